The van der Waals surface area contributed by atoms with Crippen molar-refractivity contribution in [2.45, 2.75) is 38.8 Å². The van der Waals surface area contributed by atoms with Gasteiger partial charge in [0.05, 0.1) is 0 Å². The van der Waals surface area contributed by atoms with E-state index in [0.29, 0.717) is 15.8 Å². The molecule has 4 atom stereocenters. The molecule has 0 saturated carbocycles. The van der Waals surface area contributed by atoms with E-state index >= 15 is 0 Å². The van der Waals surface area contributed by atoms with Gasteiger partial charge in [-0.2, -0.15) is 0 Å². The first-order chi connectivity index (χ1) is 12.0. The normalized spacial score (nSPS) is 26.6. The molecule has 0 amide bonds. The van der Waals surface area contributed by atoms with Crippen LogP contribution in [-0.2, 0) is 4.79 Å². The second-order valence-corrected chi connectivity index (χ2v) is 7.53. The molecule has 0 aliphatic carbocycles. The van der Waals surface area contributed by atoms with Crippen LogP contribution in [0.5, 0.6) is 0 Å². The number of hydrogen-bond donors (Lipinski definition) is 1. The van der Waals surface area contributed by atoms with Crippen molar-refractivity contribution < 1.29 is 4.79 Å². The van der Waals surface area contributed by atoms with Crippen LogP contribution >= 0.6 is 23.2 Å². The lowest BCUT2D eigenvalue weighted by Gasteiger charge is -2.41. The zero-order valence-electron chi connectivity index (χ0n) is 14.5. The van der Waals surface area contributed by atoms with Crippen LogP contribution in [0.4, 0.5) is 0 Å². The Bertz CT molecular complexity index is 665. The second kappa shape index (κ2) is 7.90. The van der Waals surface area contributed by atoms with Crippen LogP contribution < -0.4 is 5.32 Å². The maximum absolute atomic E-state index is 13.2. The summed E-state index contributed by atoms with van der Waals surface area (Å²) in [5.74, 6) is 0.313. The van der Waals surface area contributed by atoms with Crippen molar-refractivity contribution in [2.24, 2.45) is 11.8 Å². The first-order valence-corrected chi connectivity index (χ1v) is 9.61. The minimum Gasteiger partial charge on any atom is -0.302 e. The Kier molecular flexibility index (Phi) is 5.83. The van der Waals surface area contributed by atoms with E-state index in [2.05, 4.69) is 19.2 Å². The molecule has 4 heteroatoms. The Morgan fingerprint density at radius 3 is 1.44 bits per heavy atom. The first-order valence-electron chi connectivity index (χ1n) is 8.85. The lowest BCUT2D eigenvalue weighted by Crippen LogP contribution is -2.48. The van der Waals surface area contributed by atoms with Gasteiger partial charge in [0.25, 0.3) is 0 Å². The Labute approximate surface area is 159 Å². The SMILES string of the molecule is CC[C@@H]1C(=O)[C@H](CC)[C@H](c2ccc(Cl)cc2)N[C@H]1c1ccc(Cl)cc1. The molecule has 1 fully saturated rings. The lowest BCUT2D eigenvalue weighted by atomic mass is 9.72. The topological polar surface area (TPSA) is 29.1 Å². The summed E-state index contributed by atoms with van der Waals surface area (Å²) in [6, 6.07) is 15.6. The van der Waals surface area contributed by atoms with Gasteiger partial charge >= 0.3 is 0 Å². The molecule has 3 rings (SSSR count). The fourth-order valence-corrected chi connectivity index (χ4v) is 4.15. The van der Waals surface area contributed by atoms with Crippen molar-refractivity contribution in [3.05, 3.63) is 69.7 Å². The fourth-order valence-electron chi connectivity index (χ4n) is 3.90. The molecule has 2 aromatic carbocycles. The number of Topliss-reactive ketones (excluding diaryl/α,β-unsaturated/α-hetero) is 1. The molecule has 0 aromatic heterocycles. The smallest absolute Gasteiger partial charge is 0.142 e. The molecule has 0 unspecified atom stereocenters. The van der Waals surface area contributed by atoms with Gasteiger partial charge in [-0.1, -0.05) is 61.3 Å². The molecule has 1 N–H and O–H groups in total. The summed E-state index contributed by atoms with van der Waals surface area (Å²) in [5.41, 5.74) is 2.22. The summed E-state index contributed by atoms with van der Waals surface area (Å²) in [5, 5.41) is 5.17. The van der Waals surface area contributed by atoms with E-state index < -0.39 is 0 Å². The van der Waals surface area contributed by atoms with Crippen molar-refractivity contribution in [1.82, 2.24) is 5.32 Å². The predicted octanol–water partition coefficient (Wildman–Crippen LogP) is 6.00. The van der Waals surface area contributed by atoms with Gasteiger partial charge in [0.2, 0.25) is 0 Å². The number of rotatable bonds is 4. The monoisotopic (exact) mass is 375 g/mol. The maximum atomic E-state index is 13.2. The summed E-state index contributed by atoms with van der Waals surface area (Å²) in [7, 11) is 0. The third-order valence-electron chi connectivity index (χ3n) is 5.23. The summed E-state index contributed by atoms with van der Waals surface area (Å²) in [6.45, 7) is 4.17. The van der Waals surface area contributed by atoms with Gasteiger partial charge in [-0.3, -0.25) is 4.79 Å². The summed E-state index contributed by atoms with van der Waals surface area (Å²) < 4.78 is 0. The highest BCUT2D eigenvalue weighted by atomic mass is 35.5. The molecule has 1 saturated heterocycles. The number of carbonyl (C=O) groups excluding carboxylic acids is 1. The van der Waals surface area contributed by atoms with Crippen LogP contribution in [0.25, 0.3) is 0 Å². The largest absolute Gasteiger partial charge is 0.302 e. The summed E-state index contributed by atoms with van der Waals surface area (Å²) in [6.07, 6.45) is 1.64. The Morgan fingerprint density at radius 2 is 1.12 bits per heavy atom. The Hall–Kier alpha value is -1.35. The molecule has 1 aliphatic heterocycles. The minimum atomic E-state index is -0.0188. The third kappa shape index (κ3) is 3.76. The van der Waals surface area contributed by atoms with Crippen molar-refractivity contribution in [2.75, 3.05) is 0 Å². The van der Waals surface area contributed by atoms with Crippen LogP contribution in [0.15, 0.2) is 48.5 Å². The Balaban J connectivity index is 1.99. The van der Waals surface area contributed by atoms with E-state index in [9.17, 15) is 4.79 Å². The lowest BCUT2D eigenvalue weighted by molar-refractivity contribution is -0.132. The second-order valence-electron chi connectivity index (χ2n) is 6.66. The predicted molar refractivity (Wildman–Crippen MR) is 104 cm³/mol. The summed E-state index contributed by atoms with van der Waals surface area (Å²) in [4.78, 5) is 13.2. The Morgan fingerprint density at radius 1 is 0.760 bits per heavy atom. The number of piperidine rings is 1. The van der Waals surface area contributed by atoms with E-state index in [0.717, 1.165) is 24.0 Å². The van der Waals surface area contributed by atoms with Crippen LogP contribution in [-0.4, -0.2) is 5.78 Å². The van der Waals surface area contributed by atoms with Crippen LogP contribution in [0.1, 0.15) is 49.9 Å². The van der Waals surface area contributed by atoms with Crippen molar-refractivity contribution in [3.8, 4) is 0 Å². The zero-order valence-corrected chi connectivity index (χ0v) is 16.0. The van der Waals surface area contributed by atoms with Gasteiger partial charge in [-0.25, -0.2) is 0 Å². The molecule has 1 aliphatic rings. The highest BCUT2D eigenvalue weighted by molar-refractivity contribution is 6.30. The van der Waals surface area contributed by atoms with E-state index in [1.807, 2.05) is 48.5 Å². The van der Waals surface area contributed by atoms with E-state index in [1.54, 1.807) is 0 Å². The van der Waals surface area contributed by atoms with E-state index in [1.165, 1.54) is 0 Å². The number of benzene rings is 2. The van der Waals surface area contributed by atoms with Gasteiger partial charge in [0, 0.05) is 34.0 Å². The maximum Gasteiger partial charge on any atom is 0.142 e. The highest BCUT2D eigenvalue weighted by Crippen LogP contribution is 2.41. The van der Waals surface area contributed by atoms with Gasteiger partial charge in [0.15, 0.2) is 0 Å². The number of nitrogens with one attached hydrogen (secondary N) is 1. The van der Waals surface area contributed by atoms with Crippen LogP contribution in [0.3, 0.4) is 0 Å². The van der Waals surface area contributed by atoms with Gasteiger partial charge in [0.1, 0.15) is 5.78 Å². The van der Waals surface area contributed by atoms with Gasteiger partial charge < -0.3 is 5.32 Å². The molecule has 0 spiro atoms. The molecule has 2 nitrogen and oxygen atoms in total. The van der Waals surface area contributed by atoms with E-state index in [4.69, 9.17) is 23.2 Å². The number of carbonyl (C=O) groups is 1. The molecule has 132 valence electrons. The molecular formula is C21H23Cl2NO. The fraction of sp³-hybridized carbons (Fsp3) is 0.381. The standard InChI is InChI=1S/C21H23Cl2NO/c1-3-17-19(13-5-9-15(22)10-6-13)24-20(18(4-2)21(17)25)14-7-11-16(23)12-8-14/h5-12,17-20,24H,3-4H2,1-2H3/t17-,18+,19-,20-/m0/s1. The molecule has 25 heavy (non-hydrogen) atoms. The highest BCUT2D eigenvalue weighted by Gasteiger charge is 2.42. The van der Waals surface area contributed by atoms with Gasteiger partial charge in [-0.05, 0) is 48.2 Å². The summed E-state index contributed by atoms with van der Waals surface area (Å²) >= 11 is 12.1. The number of hydrogen-bond acceptors (Lipinski definition) is 2. The van der Waals surface area contributed by atoms with Gasteiger partial charge in [-0.15, -0.1) is 0 Å². The molecule has 0 bridgehead atoms. The quantitative estimate of drug-likeness (QED) is 0.709. The van der Waals surface area contributed by atoms with Crippen molar-refractivity contribution >= 4 is 29.0 Å². The third-order valence-corrected chi connectivity index (χ3v) is 5.74. The van der Waals surface area contributed by atoms with Crippen molar-refractivity contribution in [3.63, 3.8) is 0 Å². The number of ketones is 1. The van der Waals surface area contributed by atoms with Crippen LogP contribution in [0, 0.1) is 11.8 Å². The molecule has 2 aromatic rings. The van der Waals surface area contributed by atoms with Crippen LogP contribution in [0.2, 0.25) is 10.0 Å². The molecule has 1 heterocycles. The molecule has 0 radical (unpaired) electrons. The zero-order chi connectivity index (χ0) is 18.0. The minimum absolute atomic E-state index is 0.00163. The first kappa shape index (κ1) is 18.4. The van der Waals surface area contributed by atoms with Crippen molar-refractivity contribution in [1.29, 1.82) is 0 Å². The average molecular weight is 376 g/mol. The van der Waals surface area contributed by atoms with E-state index in [-0.39, 0.29) is 23.9 Å². The number of halogens is 2. The average Bonchev–Trinajstić information content (AvgIpc) is 2.62. The molecular weight excluding hydrogens is 353 g/mol.